The molecule has 0 saturated carbocycles. The maximum absolute atomic E-state index is 7.52. The highest BCUT2D eigenvalue weighted by atomic mass is 16.5. The molecule has 2 rings (SSSR count). The predicted octanol–water partition coefficient (Wildman–Crippen LogP) is 1.07. The number of hydrogen-bond acceptors (Lipinski definition) is 4. The summed E-state index contributed by atoms with van der Waals surface area (Å²) in [6.45, 7) is 6.28. The van der Waals surface area contributed by atoms with Crippen LogP contribution in [0.3, 0.4) is 0 Å². The number of hydrogen-bond donors (Lipinski definition) is 2. The maximum atomic E-state index is 7.52. The molecule has 3 N–H and O–H groups in total. The lowest BCUT2D eigenvalue weighted by molar-refractivity contribution is -0.0464. The molecule has 0 radical (unpaired) electrons. The van der Waals surface area contributed by atoms with Crippen molar-refractivity contribution in [2.75, 3.05) is 32.8 Å². The molecule has 0 amide bonds. The van der Waals surface area contributed by atoms with Gasteiger partial charge in [-0.3, -0.25) is 10.3 Å². The molecular weight excluding hydrogens is 242 g/mol. The van der Waals surface area contributed by atoms with Gasteiger partial charge in [-0.15, -0.1) is 0 Å². The highest BCUT2D eigenvalue weighted by Crippen LogP contribution is 2.18. The van der Waals surface area contributed by atoms with Gasteiger partial charge in [0.25, 0.3) is 0 Å². The quantitative estimate of drug-likeness (QED) is 0.616. The molecule has 0 aliphatic carbocycles. The molecule has 104 valence electrons. The highest BCUT2D eigenvalue weighted by molar-refractivity contribution is 5.97. The zero-order chi connectivity index (χ0) is 13.7. The second kappa shape index (κ2) is 6.54. The summed E-state index contributed by atoms with van der Waals surface area (Å²) in [5.74, 6) is 0.669. The second-order valence-electron chi connectivity index (χ2n) is 4.61. The second-order valence-corrected chi connectivity index (χ2v) is 4.61. The standard InChI is InChI=1S/C14H21N3O2/c1-2-17-7-8-18-11(9-17)10-19-13-6-4-3-5-12(13)14(15)16/h3-6,11H,2,7-10H2,1H3,(H3,15,16). The SMILES string of the molecule is CCN1CCOC(COc2ccccc2C(=N)N)C1. The smallest absolute Gasteiger partial charge is 0.130 e. The fourth-order valence-electron chi connectivity index (χ4n) is 2.17. The van der Waals surface area contributed by atoms with E-state index < -0.39 is 0 Å². The van der Waals surface area contributed by atoms with Crippen LogP contribution < -0.4 is 10.5 Å². The molecule has 1 fully saturated rings. The van der Waals surface area contributed by atoms with Crippen LogP contribution in [0.15, 0.2) is 24.3 Å². The lowest BCUT2D eigenvalue weighted by atomic mass is 10.2. The van der Waals surface area contributed by atoms with Crippen molar-refractivity contribution in [3.8, 4) is 5.75 Å². The zero-order valence-corrected chi connectivity index (χ0v) is 11.3. The summed E-state index contributed by atoms with van der Waals surface area (Å²) >= 11 is 0. The number of amidine groups is 1. The van der Waals surface area contributed by atoms with Gasteiger partial charge in [0.05, 0.1) is 12.2 Å². The predicted molar refractivity (Wildman–Crippen MR) is 74.8 cm³/mol. The van der Waals surface area contributed by atoms with Crippen molar-refractivity contribution in [3.05, 3.63) is 29.8 Å². The Labute approximate surface area is 113 Å². The van der Waals surface area contributed by atoms with Crippen LogP contribution in [0, 0.1) is 5.41 Å². The molecule has 1 unspecified atom stereocenters. The van der Waals surface area contributed by atoms with E-state index in [1.165, 1.54) is 0 Å². The molecule has 1 heterocycles. The molecule has 0 spiro atoms. The van der Waals surface area contributed by atoms with Crippen molar-refractivity contribution in [2.24, 2.45) is 5.73 Å². The molecule has 0 bridgehead atoms. The van der Waals surface area contributed by atoms with Gasteiger partial charge in [0.1, 0.15) is 24.3 Å². The molecule has 5 nitrogen and oxygen atoms in total. The summed E-state index contributed by atoms with van der Waals surface area (Å²) in [6, 6.07) is 7.34. The number of ether oxygens (including phenoxy) is 2. The van der Waals surface area contributed by atoms with Gasteiger partial charge in [0, 0.05) is 13.1 Å². The fraction of sp³-hybridized carbons (Fsp3) is 0.500. The van der Waals surface area contributed by atoms with Crippen LogP contribution in [-0.4, -0.2) is 49.7 Å². The minimum atomic E-state index is 0.0235. The summed E-state index contributed by atoms with van der Waals surface area (Å²) in [4.78, 5) is 2.34. The van der Waals surface area contributed by atoms with Crippen molar-refractivity contribution < 1.29 is 9.47 Å². The van der Waals surface area contributed by atoms with Crippen LogP contribution in [0.25, 0.3) is 0 Å². The number of nitrogens with two attached hydrogens (primary N) is 1. The third kappa shape index (κ3) is 3.68. The minimum absolute atomic E-state index is 0.0235. The molecular formula is C14H21N3O2. The Hall–Kier alpha value is -1.59. The van der Waals surface area contributed by atoms with Gasteiger partial charge in [0.15, 0.2) is 0 Å². The zero-order valence-electron chi connectivity index (χ0n) is 11.3. The lowest BCUT2D eigenvalue weighted by Gasteiger charge is -2.32. The van der Waals surface area contributed by atoms with Crippen LogP contribution in [0.1, 0.15) is 12.5 Å². The number of morpholine rings is 1. The Bertz CT molecular complexity index is 436. The van der Waals surface area contributed by atoms with Gasteiger partial charge in [0.2, 0.25) is 0 Å². The van der Waals surface area contributed by atoms with Crippen molar-refractivity contribution >= 4 is 5.84 Å². The summed E-state index contributed by atoms with van der Waals surface area (Å²) in [5.41, 5.74) is 6.16. The highest BCUT2D eigenvalue weighted by Gasteiger charge is 2.20. The normalized spacial score (nSPS) is 20.2. The van der Waals surface area contributed by atoms with Gasteiger partial charge >= 0.3 is 0 Å². The first kappa shape index (κ1) is 13.8. The molecule has 5 heteroatoms. The topological polar surface area (TPSA) is 71.6 Å². The van der Waals surface area contributed by atoms with E-state index in [1.54, 1.807) is 6.07 Å². The first-order chi connectivity index (χ1) is 9.20. The number of rotatable bonds is 5. The van der Waals surface area contributed by atoms with Crippen molar-refractivity contribution in [3.63, 3.8) is 0 Å². The third-order valence-electron chi connectivity index (χ3n) is 3.27. The van der Waals surface area contributed by atoms with Gasteiger partial charge in [-0.1, -0.05) is 19.1 Å². The average molecular weight is 263 g/mol. The van der Waals surface area contributed by atoms with Crippen LogP contribution in [0.2, 0.25) is 0 Å². The van der Waals surface area contributed by atoms with Gasteiger partial charge in [-0.05, 0) is 18.7 Å². The lowest BCUT2D eigenvalue weighted by Crippen LogP contribution is -2.44. The van der Waals surface area contributed by atoms with E-state index in [2.05, 4.69) is 11.8 Å². The van der Waals surface area contributed by atoms with E-state index in [1.807, 2.05) is 18.2 Å². The monoisotopic (exact) mass is 263 g/mol. The minimum Gasteiger partial charge on any atom is -0.490 e. The molecule has 19 heavy (non-hydrogen) atoms. The largest absolute Gasteiger partial charge is 0.490 e. The van der Waals surface area contributed by atoms with E-state index in [4.69, 9.17) is 20.6 Å². The van der Waals surface area contributed by atoms with Crippen LogP contribution in [0.4, 0.5) is 0 Å². The summed E-state index contributed by atoms with van der Waals surface area (Å²) in [6.07, 6.45) is 0.0775. The van der Waals surface area contributed by atoms with Crippen LogP contribution in [-0.2, 0) is 4.74 Å². The summed E-state index contributed by atoms with van der Waals surface area (Å²) < 4.78 is 11.4. The van der Waals surface area contributed by atoms with Crippen LogP contribution >= 0.6 is 0 Å². The molecule has 1 atom stereocenters. The maximum Gasteiger partial charge on any atom is 0.130 e. The Morgan fingerprint density at radius 3 is 3.05 bits per heavy atom. The fourth-order valence-corrected chi connectivity index (χ4v) is 2.17. The van der Waals surface area contributed by atoms with Gasteiger partial charge in [-0.25, -0.2) is 0 Å². The Kier molecular flexibility index (Phi) is 4.76. The van der Waals surface area contributed by atoms with E-state index in [0.29, 0.717) is 17.9 Å². The number of para-hydroxylation sites is 1. The number of nitrogens with one attached hydrogen (secondary N) is 1. The number of benzene rings is 1. The van der Waals surface area contributed by atoms with Gasteiger partial charge in [-0.2, -0.15) is 0 Å². The molecule has 1 aromatic carbocycles. The molecule has 1 aliphatic rings. The Morgan fingerprint density at radius 1 is 1.53 bits per heavy atom. The average Bonchev–Trinajstić information content (AvgIpc) is 2.45. The molecule has 1 saturated heterocycles. The van der Waals surface area contributed by atoms with E-state index in [9.17, 15) is 0 Å². The Balaban J connectivity index is 1.93. The van der Waals surface area contributed by atoms with Crippen molar-refractivity contribution in [1.29, 1.82) is 5.41 Å². The van der Waals surface area contributed by atoms with Crippen LogP contribution in [0.5, 0.6) is 5.75 Å². The Morgan fingerprint density at radius 2 is 2.32 bits per heavy atom. The van der Waals surface area contributed by atoms with Crippen molar-refractivity contribution in [1.82, 2.24) is 4.90 Å². The molecule has 0 aromatic heterocycles. The van der Waals surface area contributed by atoms with E-state index >= 15 is 0 Å². The van der Waals surface area contributed by atoms with Gasteiger partial charge < -0.3 is 15.2 Å². The first-order valence-corrected chi connectivity index (χ1v) is 6.61. The molecule has 1 aliphatic heterocycles. The number of nitrogens with zero attached hydrogens (tertiary/aromatic N) is 1. The number of nitrogen functional groups attached to an aromatic ring is 1. The van der Waals surface area contributed by atoms with E-state index in [0.717, 1.165) is 26.2 Å². The molecule has 1 aromatic rings. The first-order valence-electron chi connectivity index (χ1n) is 6.61. The van der Waals surface area contributed by atoms with Crippen molar-refractivity contribution in [2.45, 2.75) is 13.0 Å². The summed E-state index contributed by atoms with van der Waals surface area (Å²) in [5, 5.41) is 7.52. The third-order valence-corrected chi connectivity index (χ3v) is 3.27. The van der Waals surface area contributed by atoms with E-state index in [-0.39, 0.29) is 11.9 Å². The summed E-state index contributed by atoms with van der Waals surface area (Å²) in [7, 11) is 0. The number of likely N-dealkylation sites (N-methyl/N-ethyl adjacent to an activating group) is 1.